The summed E-state index contributed by atoms with van der Waals surface area (Å²) in [5.74, 6) is 0.807. The third-order valence-corrected chi connectivity index (χ3v) is 6.24. The molecule has 2 fully saturated rings. The monoisotopic (exact) mass is 430 g/mol. The van der Waals surface area contributed by atoms with Gasteiger partial charge < -0.3 is 9.64 Å². The van der Waals surface area contributed by atoms with Gasteiger partial charge in [-0.25, -0.2) is 9.97 Å². The number of nitrogens with zero attached hydrogens (tertiary/aromatic N) is 6. The highest BCUT2D eigenvalue weighted by molar-refractivity contribution is 5.31. The zero-order chi connectivity index (χ0) is 21.8. The van der Waals surface area contributed by atoms with Crippen LogP contribution in [0.2, 0.25) is 0 Å². The molecule has 0 N–H and O–H groups in total. The summed E-state index contributed by atoms with van der Waals surface area (Å²) in [6.45, 7) is 7.14. The minimum absolute atomic E-state index is 0.279. The van der Waals surface area contributed by atoms with E-state index in [1.807, 2.05) is 24.7 Å². The van der Waals surface area contributed by atoms with Crippen LogP contribution in [0.15, 0.2) is 48.9 Å². The predicted octanol–water partition coefficient (Wildman–Crippen LogP) is 3.34. The first-order valence-corrected chi connectivity index (χ1v) is 11.5. The van der Waals surface area contributed by atoms with E-state index < -0.39 is 0 Å². The largest absolute Gasteiger partial charge is 0.378 e. The highest BCUT2D eigenvalue weighted by atomic mass is 16.5. The average molecular weight is 431 g/mol. The van der Waals surface area contributed by atoms with Gasteiger partial charge in [-0.3, -0.25) is 14.9 Å². The Kier molecular flexibility index (Phi) is 6.36. The SMILES string of the molecule is Cc1cccc(Cc2cncc(C3CCCN3Cc3ccnc(N4CCOCC4)n3)n2)c1. The van der Waals surface area contributed by atoms with Gasteiger partial charge in [0.15, 0.2) is 0 Å². The summed E-state index contributed by atoms with van der Waals surface area (Å²) in [5, 5.41) is 0. The van der Waals surface area contributed by atoms with E-state index in [0.717, 1.165) is 81.7 Å². The van der Waals surface area contributed by atoms with Crippen molar-refractivity contribution in [2.24, 2.45) is 0 Å². The number of morpholine rings is 1. The molecule has 32 heavy (non-hydrogen) atoms. The number of rotatable bonds is 6. The smallest absolute Gasteiger partial charge is 0.225 e. The number of likely N-dealkylation sites (tertiary alicyclic amines) is 1. The quantitative estimate of drug-likeness (QED) is 0.594. The summed E-state index contributed by atoms with van der Waals surface area (Å²) >= 11 is 0. The van der Waals surface area contributed by atoms with Crippen molar-refractivity contribution in [3.63, 3.8) is 0 Å². The van der Waals surface area contributed by atoms with Crippen LogP contribution < -0.4 is 4.90 Å². The van der Waals surface area contributed by atoms with E-state index in [2.05, 4.69) is 51.0 Å². The summed E-state index contributed by atoms with van der Waals surface area (Å²) in [7, 11) is 0. The highest BCUT2D eigenvalue weighted by Gasteiger charge is 2.28. The fraction of sp³-hybridized carbons (Fsp3) is 0.440. The van der Waals surface area contributed by atoms with Crippen molar-refractivity contribution in [2.45, 2.75) is 38.8 Å². The second-order valence-corrected chi connectivity index (χ2v) is 8.68. The molecule has 7 nitrogen and oxygen atoms in total. The Morgan fingerprint density at radius 1 is 1.03 bits per heavy atom. The molecule has 0 bridgehead atoms. The molecular weight excluding hydrogens is 400 g/mol. The van der Waals surface area contributed by atoms with E-state index in [-0.39, 0.29) is 6.04 Å². The van der Waals surface area contributed by atoms with E-state index in [1.165, 1.54) is 11.1 Å². The lowest BCUT2D eigenvalue weighted by Crippen LogP contribution is -2.37. The third kappa shape index (κ3) is 4.95. The van der Waals surface area contributed by atoms with Crippen LogP contribution in [0.5, 0.6) is 0 Å². The van der Waals surface area contributed by atoms with Crippen molar-refractivity contribution in [1.82, 2.24) is 24.8 Å². The van der Waals surface area contributed by atoms with Crippen LogP contribution in [0, 0.1) is 6.92 Å². The Morgan fingerprint density at radius 2 is 1.94 bits per heavy atom. The molecule has 2 aliphatic heterocycles. The Morgan fingerprint density at radius 3 is 2.81 bits per heavy atom. The van der Waals surface area contributed by atoms with Gasteiger partial charge in [0.2, 0.25) is 5.95 Å². The molecule has 2 aromatic heterocycles. The number of aryl methyl sites for hydroxylation is 1. The van der Waals surface area contributed by atoms with Crippen molar-refractivity contribution in [2.75, 3.05) is 37.7 Å². The topological polar surface area (TPSA) is 67.3 Å². The molecule has 3 aromatic rings. The van der Waals surface area contributed by atoms with E-state index in [1.54, 1.807) is 0 Å². The van der Waals surface area contributed by atoms with Gasteiger partial charge in [-0.1, -0.05) is 29.8 Å². The van der Waals surface area contributed by atoms with Gasteiger partial charge in [-0.15, -0.1) is 0 Å². The normalized spacial score (nSPS) is 19.4. The van der Waals surface area contributed by atoms with E-state index >= 15 is 0 Å². The van der Waals surface area contributed by atoms with Crippen LogP contribution in [0.4, 0.5) is 5.95 Å². The molecule has 1 atom stereocenters. The van der Waals surface area contributed by atoms with Crippen LogP contribution in [0.1, 0.15) is 47.1 Å². The number of benzene rings is 1. The second kappa shape index (κ2) is 9.71. The van der Waals surface area contributed by atoms with E-state index in [9.17, 15) is 0 Å². The van der Waals surface area contributed by atoms with Crippen molar-refractivity contribution in [3.05, 3.63) is 77.1 Å². The van der Waals surface area contributed by atoms with Gasteiger partial charge in [-0.2, -0.15) is 0 Å². The molecule has 166 valence electrons. The lowest BCUT2D eigenvalue weighted by atomic mass is 10.1. The Bertz CT molecular complexity index is 1050. The van der Waals surface area contributed by atoms with Crippen molar-refractivity contribution >= 4 is 5.95 Å². The van der Waals surface area contributed by atoms with Crippen LogP contribution in [0.3, 0.4) is 0 Å². The summed E-state index contributed by atoms with van der Waals surface area (Å²) in [5.41, 5.74) is 5.69. The molecular formula is C25H30N6O. The maximum Gasteiger partial charge on any atom is 0.225 e. The molecule has 0 amide bonds. The Hall–Kier alpha value is -2.90. The molecule has 0 aliphatic carbocycles. The zero-order valence-electron chi connectivity index (χ0n) is 18.7. The molecule has 7 heteroatoms. The third-order valence-electron chi connectivity index (χ3n) is 6.24. The van der Waals surface area contributed by atoms with E-state index in [4.69, 9.17) is 14.7 Å². The first kappa shape index (κ1) is 21.0. The molecule has 1 aromatic carbocycles. The second-order valence-electron chi connectivity index (χ2n) is 8.68. The predicted molar refractivity (Wildman–Crippen MR) is 123 cm³/mol. The zero-order valence-corrected chi connectivity index (χ0v) is 18.7. The van der Waals surface area contributed by atoms with Gasteiger partial charge >= 0.3 is 0 Å². The van der Waals surface area contributed by atoms with Gasteiger partial charge in [0.1, 0.15) is 0 Å². The van der Waals surface area contributed by atoms with Crippen LogP contribution >= 0.6 is 0 Å². The Labute approximate surface area is 189 Å². The first-order chi connectivity index (χ1) is 15.7. The highest BCUT2D eigenvalue weighted by Crippen LogP contribution is 2.32. The maximum absolute atomic E-state index is 5.46. The molecule has 4 heterocycles. The summed E-state index contributed by atoms with van der Waals surface area (Å²) < 4.78 is 5.46. The summed E-state index contributed by atoms with van der Waals surface area (Å²) in [6, 6.07) is 10.9. The maximum atomic E-state index is 5.46. The molecule has 0 saturated carbocycles. The lowest BCUT2D eigenvalue weighted by Gasteiger charge is -2.27. The van der Waals surface area contributed by atoms with Crippen LogP contribution in [-0.4, -0.2) is 57.7 Å². The van der Waals surface area contributed by atoms with Gasteiger partial charge in [0.05, 0.1) is 36.3 Å². The van der Waals surface area contributed by atoms with Crippen LogP contribution in [-0.2, 0) is 17.7 Å². The summed E-state index contributed by atoms with van der Waals surface area (Å²) in [4.78, 5) is 23.6. The lowest BCUT2D eigenvalue weighted by molar-refractivity contribution is 0.122. The standard InChI is InChI=1S/C25H30N6O/c1-19-4-2-5-20(14-19)15-22-16-26-17-23(28-22)24-6-3-9-31(24)18-21-7-8-27-25(29-21)30-10-12-32-13-11-30/h2,4-5,7-8,14,16-17,24H,3,6,9-13,15,18H2,1H3. The van der Waals surface area contributed by atoms with Crippen molar-refractivity contribution < 1.29 is 4.74 Å². The number of aromatic nitrogens is 4. The number of ether oxygens (including phenoxy) is 1. The van der Waals surface area contributed by atoms with Crippen molar-refractivity contribution in [3.8, 4) is 0 Å². The average Bonchev–Trinajstić information content (AvgIpc) is 3.28. The summed E-state index contributed by atoms with van der Waals surface area (Å²) in [6.07, 6.45) is 8.77. The number of hydrogen-bond acceptors (Lipinski definition) is 7. The molecule has 1 unspecified atom stereocenters. The molecule has 2 aliphatic rings. The van der Waals surface area contributed by atoms with Crippen molar-refractivity contribution in [1.29, 1.82) is 0 Å². The first-order valence-electron chi connectivity index (χ1n) is 11.5. The number of anilines is 1. The van der Waals surface area contributed by atoms with Gasteiger partial charge in [0.25, 0.3) is 0 Å². The van der Waals surface area contributed by atoms with Gasteiger partial charge in [-0.05, 0) is 37.9 Å². The molecule has 0 spiro atoms. The van der Waals surface area contributed by atoms with Crippen LogP contribution in [0.25, 0.3) is 0 Å². The van der Waals surface area contributed by atoms with E-state index in [0.29, 0.717) is 0 Å². The fourth-order valence-electron chi connectivity index (χ4n) is 4.65. The minimum atomic E-state index is 0.279. The van der Waals surface area contributed by atoms with Gasteiger partial charge in [0, 0.05) is 44.6 Å². The minimum Gasteiger partial charge on any atom is -0.378 e. The number of hydrogen-bond donors (Lipinski definition) is 0. The molecule has 0 radical (unpaired) electrons. The molecule has 2 saturated heterocycles. The Balaban J connectivity index is 1.30. The molecule has 5 rings (SSSR count). The fourth-order valence-corrected chi connectivity index (χ4v) is 4.65.